The van der Waals surface area contributed by atoms with Crippen LogP contribution in [0.3, 0.4) is 0 Å². The molecule has 0 aliphatic heterocycles. The second kappa shape index (κ2) is 7.67. The summed E-state index contributed by atoms with van der Waals surface area (Å²) in [7, 11) is 1.62. The van der Waals surface area contributed by atoms with E-state index in [9.17, 15) is 4.79 Å². The van der Waals surface area contributed by atoms with Crippen molar-refractivity contribution in [2.45, 2.75) is 6.92 Å². The lowest BCUT2D eigenvalue weighted by molar-refractivity contribution is 0.159. The highest BCUT2D eigenvalue weighted by atomic mass is 32.2. The van der Waals surface area contributed by atoms with Crippen molar-refractivity contribution in [1.82, 2.24) is 4.72 Å². The SMILES string of the molecule is CCOC(=O)NSCNc1cccc(OC)c1. The molecule has 17 heavy (non-hydrogen) atoms. The van der Waals surface area contributed by atoms with Crippen LogP contribution < -0.4 is 14.8 Å². The van der Waals surface area contributed by atoms with Crippen molar-refractivity contribution in [3.8, 4) is 5.75 Å². The number of carbonyl (C=O) groups excluding carboxylic acids is 1. The molecule has 0 saturated carbocycles. The van der Waals surface area contributed by atoms with Gasteiger partial charge in [0, 0.05) is 11.8 Å². The molecule has 0 aromatic heterocycles. The fourth-order valence-corrected chi connectivity index (χ4v) is 1.60. The minimum atomic E-state index is -0.426. The molecule has 0 aliphatic carbocycles. The minimum Gasteiger partial charge on any atom is -0.497 e. The molecule has 0 bridgehead atoms. The molecule has 1 amide bonds. The molecule has 94 valence electrons. The van der Waals surface area contributed by atoms with Gasteiger partial charge in [-0.1, -0.05) is 6.07 Å². The van der Waals surface area contributed by atoms with Gasteiger partial charge in [-0.3, -0.25) is 4.72 Å². The first-order chi connectivity index (χ1) is 8.26. The summed E-state index contributed by atoms with van der Waals surface area (Å²) in [4.78, 5) is 11.0. The second-order valence-electron chi connectivity index (χ2n) is 3.02. The Hall–Kier alpha value is -1.56. The van der Waals surface area contributed by atoms with Crippen molar-refractivity contribution in [2.24, 2.45) is 0 Å². The van der Waals surface area contributed by atoms with Crippen LogP contribution in [0.4, 0.5) is 10.5 Å². The van der Waals surface area contributed by atoms with E-state index in [1.807, 2.05) is 24.3 Å². The molecule has 0 fully saturated rings. The molecule has 5 nitrogen and oxygen atoms in total. The summed E-state index contributed by atoms with van der Waals surface area (Å²) < 4.78 is 12.4. The Morgan fingerprint density at radius 2 is 2.29 bits per heavy atom. The number of hydrogen-bond donors (Lipinski definition) is 2. The summed E-state index contributed by atoms with van der Waals surface area (Å²) in [6.07, 6.45) is -0.426. The third-order valence-electron chi connectivity index (χ3n) is 1.85. The molecule has 1 rings (SSSR count). The smallest absolute Gasteiger partial charge is 0.417 e. The Morgan fingerprint density at radius 3 is 3.00 bits per heavy atom. The number of amides is 1. The number of rotatable bonds is 6. The van der Waals surface area contributed by atoms with E-state index < -0.39 is 6.09 Å². The van der Waals surface area contributed by atoms with Crippen molar-refractivity contribution in [3.63, 3.8) is 0 Å². The molecule has 0 atom stereocenters. The molecular weight excluding hydrogens is 240 g/mol. The van der Waals surface area contributed by atoms with Crippen molar-refractivity contribution in [3.05, 3.63) is 24.3 Å². The largest absolute Gasteiger partial charge is 0.497 e. The molecule has 1 aromatic rings. The molecule has 0 radical (unpaired) electrons. The van der Waals surface area contributed by atoms with Gasteiger partial charge in [-0.25, -0.2) is 4.79 Å². The van der Waals surface area contributed by atoms with E-state index in [1.165, 1.54) is 11.9 Å². The fraction of sp³-hybridized carbons (Fsp3) is 0.364. The van der Waals surface area contributed by atoms with Crippen molar-refractivity contribution in [1.29, 1.82) is 0 Å². The first-order valence-corrected chi connectivity index (χ1v) is 6.17. The van der Waals surface area contributed by atoms with Gasteiger partial charge in [-0.2, -0.15) is 0 Å². The van der Waals surface area contributed by atoms with E-state index in [-0.39, 0.29) is 0 Å². The Bertz CT molecular complexity index is 360. The van der Waals surface area contributed by atoms with Crippen LogP contribution in [0, 0.1) is 0 Å². The van der Waals surface area contributed by atoms with Gasteiger partial charge in [0.25, 0.3) is 0 Å². The molecule has 0 spiro atoms. The van der Waals surface area contributed by atoms with E-state index in [1.54, 1.807) is 14.0 Å². The molecule has 6 heteroatoms. The quantitative estimate of drug-likeness (QED) is 0.465. The summed E-state index contributed by atoms with van der Waals surface area (Å²) in [5, 5.41) is 3.13. The summed E-state index contributed by atoms with van der Waals surface area (Å²) in [5.74, 6) is 1.34. The Morgan fingerprint density at radius 1 is 1.47 bits per heavy atom. The van der Waals surface area contributed by atoms with E-state index in [0.29, 0.717) is 12.5 Å². The van der Waals surface area contributed by atoms with Crippen LogP contribution in [0.1, 0.15) is 6.92 Å². The average molecular weight is 256 g/mol. The number of carbonyl (C=O) groups is 1. The molecule has 0 saturated heterocycles. The van der Waals surface area contributed by atoms with Gasteiger partial charge in [0.2, 0.25) is 0 Å². The second-order valence-corrected chi connectivity index (χ2v) is 3.80. The van der Waals surface area contributed by atoms with Gasteiger partial charge in [0.05, 0.1) is 19.6 Å². The number of ether oxygens (including phenoxy) is 2. The third kappa shape index (κ3) is 5.35. The van der Waals surface area contributed by atoms with Crippen molar-refractivity contribution in [2.75, 3.05) is 24.9 Å². The summed E-state index contributed by atoms with van der Waals surface area (Å²) in [6, 6.07) is 7.57. The van der Waals surface area contributed by atoms with Crippen LogP contribution in [0.25, 0.3) is 0 Å². The van der Waals surface area contributed by atoms with Gasteiger partial charge in [-0.15, -0.1) is 0 Å². The molecular formula is C11H16N2O3S. The van der Waals surface area contributed by atoms with E-state index in [2.05, 4.69) is 10.0 Å². The van der Waals surface area contributed by atoms with Crippen LogP contribution in [-0.2, 0) is 4.74 Å². The van der Waals surface area contributed by atoms with Gasteiger partial charge < -0.3 is 14.8 Å². The van der Waals surface area contributed by atoms with Gasteiger partial charge in [0.15, 0.2) is 0 Å². The number of benzene rings is 1. The molecule has 0 aliphatic rings. The Labute approximate surface area is 105 Å². The highest BCUT2D eigenvalue weighted by Crippen LogP contribution is 2.16. The maximum absolute atomic E-state index is 11.0. The zero-order valence-electron chi connectivity index (χ0n) is 9.86. The average Bonchev–Trinajstić information content (AvgIpc) is 2.35. The van der Waals surface area contributed by atoms with Crippen molar-refractivity contribution >= 4 is 23.7 Å². The summed E-state index contributed by atoms with van der Waals surface area (Å²) in [5.41, 5.74) is 0.933. The molecule has 2 N–H and O–H groups in total. The summed E-state index contributed by atoms with van der Waals surface area (Å²) >= 11 is 1.23. The van der Waals surface area contributed by atoms with Gasteiger partial charge in [0.1, 0.15) is 5.75 Å². The topological polar surface area (TPSA) is 59.6 Å². The van der Waals surface area contributed by atoms with E-state index >= 15 is 0 Å². The van der Waals surface area contributed by atoms with Crippen LogP contribution in [0.2, 0.25) is 0 Å². The number of nitrogens with one attached hydrogen (secondary N) is 2. The predicted octanol–water partition coefficient (Wildman–Crippen LogP) is 2.46. The maximum Gasteiger partial charge on any atom is 0.417 e. The first kappa shape index (κ1) is 13.5. The number of methoxy groups -OCH3 is 1. The summed E-state index contributed by atoms with van der Waals surface area (Å²) in [6.45, 7) is 2.13. The molecule has 1 aromatic carbocycles. The third-order valence-corrected chi connectivity index (χ3v) is 2.45. The van der Waals surface area contributed by atoms with Crippen molar-refractivity contribution < 1.29 is 14.3 Å². The standard InChI is InChI=1S/C11H16N2O3S/c1-3-16-11(14)13-17-8-12-9-5-4-6-10(7-9)15-2/h4-7,12H,3,8H2,1-2H3,(H,13,14). The Kier molecular flexibility index (Phi) is 6.09. The zero-order chi connectivity index (χ0) is 12.5. The zero-order valence-corrected chi connectivity index (χ0v) is 10.7. The fourth-order valence-electron chi connectivity index (χ4n) is 1.11. The van der Waals surface area contributed by atoms with Crippen LogP contribution in [-0.4, -0.2) is 25.7 Å². The molecule has 0 unspecified atom stereocenters. The lowest BCUT2D eigenvalue weighted by Gasteiger charge is -2.08. The monoisotopic (exact) mass is 256 g/mol. The highest BCUT2D eigenvalue weighted by molar-refractivity contribution is 7.97. The maximum atomic E-state index is 11.0. The Balaban J connectivity index is 2.24. The van der Waals surface area contributed by atoms with Gasteiger partial charge >= 0.3 is 6.09 Å². The van der Waals surface area contributed by atoms with Gasteiger partial charge in [-0.05, 0) is 31.0 Å². The normalized spacial score (nSPS) is 9.53. The lowest BCUT2D eigenvalue weighted by atomic mass is 10.3. The van der Waals surface area contributed by atoms with E-state index in [4.69, 9.17) is 9.47 Å². The van der Waals surface area contributed by atoms with Crippen LogP contribution >= 0.6 is 11.9 Å². The number of hydrogen-bond acceptors (Lipinski definition) is 5. The number of anilines is 1. The lowest BCUT2D eigenvalue weighted by Crippen LogP contribution is -2.18. The predicted molar refractivity (Wildman–Crippen MR) is 69.2 cm³/mol. The van der Waals surface area contributed by atoms with Crippen LogP contribution in [0.15, 0.2) is 24.3 Å². The highest BCUT2D eigenvalue weighted by Gasteiger charge is 1.99. The van der Waals surface area contributed by atoms with Crippen LogP contribution in [0.5, 0.6) is 5.75 Å². The first-order valence-electron chi connectivity index (χ1n) is 5.18. The minimum absolute atomic E-state index is 0.371. The van der Waals surface area contributed by atoms with E-state index in [0.717, 1.165) is 11.4 Å². The molecule has 0 heterocycles.